The van der Waals surface area contributed by atoms with E-state index in [4.69, 9.17) is 0 Å². The van der Waals surface area contributed by atoms with Crippen LogP contribution in [0.15, 0.2) is 4.79 Å². The predicted molar refractivity (Wildman–Crippen MR) is 47.6 cm³/mol. The largest absolute Gasteiger partial charge is 0.322 e. The molecule has 0 aromatic carbocycles. The van der Waals surface area contributed by atoms with Crippen LogP contribution in [-0.2, 0) is 0 Å². The van der Waals surface area contributed by atoms with E-state index in [9.17, 15) is 4.79 Å². The molecule has 66 valence electrons. The molecule has 12 heavy (non-hydrogen) atoms. The maximum atomic E-state index is 10.8. The van der Waals surface area contributed by atoms with E-state index >= 15 is 0 Å². The molecule has 2 heterocycles. The molecular formula is C7H11N3OS. The summed E-state index contributed by atoms with van der Waals surface area (Å²) < 4.78 is 0. The molecule has 5 heteroatoms. The number of hydrogen-bond donors (Lipinski definition) is 1. The van der Waals surface area contributed by atoms with Crippen LogP contribution < -0.4 is 4.87 Å². The third-order valence-electron chi connectivity index (χ3n) is 2.20. The van der Waals surface area contributed by atoms with Crippen molar-refractivity contribution in [3.8, 4) is 0 Å². The minimum atomic E-state index is -0.0421. The average molecular weight is 185 g/mol. The van der Waals surface area contributed by atoms with Crippen molar-refractivity contribution in [2.24, 2.45) is 0 Å². The molecule has 0 bridgehead atoms. The van der Waals surface area contributed by atoms with Gasteiger partial charge in [-0.25, -0.2) is 5.10 Å². The second kappa shape index (κ2) is 2.99. The maximum absolute atomic E-state index is 10.8. The van der Waals surface area contributed by atoms with Crippen LogP contribution in [0.2, 0.25) is 0 Å². The number of hydrogen-bond acceptors (Lipinski definition) is 4. The van der Waals surface area contributed by atoms with E-state index in [1.165, 1.54) is 11.3 Å². The summed E-state index contributed by atoms with van der Waals surface area (Å²) in [5.74, 6) is 0.471. The second-order valence-corrected chi connectivity index (χ2v) is 4.19. The van der Waals surface area contributed by atoms with Gasteiger partial charge >= 0.3 is 4.87 Å². The van der Waals surface area contributed by atoms with E-state index in [0.29, 0.717) is 5.92 Å². The van der Waals surface area contributed by atoms with Crippen LogP contribution in [0.4, 0.5) is 0 Å². The molecule has 1 aromatic heterocycles. The van der Waals surface area contributed by atoms with Crippen molar-refractivity contribution < 1.29 is 0 Å². The fraction of sp³-hybridized carbons (Fsp3) is 0.714. The lowest BCUT2D eigenvalue weighted by molar-refractivity contribution is 0.411. The molecule has 0 saturated carbocycles. The van der Waals surface area contributed by atoms with Gasteiger partial charge in [-0.3, -0.25) is 4.79 Å². The minimum absolute atomic E-state index is 0.0421. The average Bonchev–Trinajstić information content (AvgIpc) is 2.58. The molecule has 0 aliphatic carbocycles. The number of H-pyrrole nitrogens is 1. The smallest absolute Gasteiger partial charge is 0.306 e. The van der Waals surface area contributed by atoms with Crippen LogP contribution in [0.25, 0.3) is 0 Å². The highest BCUT2D eigenvalue weighted by Crippen LogP contribution is 2.25. The number of nitrogens with one attached hydrogen (secondary N) is 1. The zero-order chi connectivity index (χ0) is 8.55. The Labute approximate surface area is 74.2 Å². The Bertz CT molecular complexity index is 318. The summed E-state index contributed by atoms with van der Waals surface area (Å²) in [4.78, 5) is 13.0. The van der Waals surface area contributed by atoms with Gasteiger partial charge in [0.25, 0.3) is 0 Å². The molecule has 1 aromatic rings. The highest BCUT2D eigenvalue weighted by molar-refractivity contribution is 7.08. The standard InChI is InChI=1S/C7H11N3OS/c1-10-3-2-5(4-10)6-8-9-7(11)12-6/h5H,2-4H2,1H3,(H,9,11)/t5-/m1/s1. The number of likely N-dealkylation sites (N-methyl/N-ethyl adjacent to an activating group) is 1. The van der Waals surface area contributed by atoms with Gasteiger partial charge in [-0.05, 0) is 20.0 Å². The summed E-state index contributed by atoms with van der Waals surface area (Å²) in [6.07, 6.45) is 1.12. The van der Waals surface area contributed by atoms with Crippen molar-refractivity contribution >= 4 is 11.3 Å². The molecule has 1 N–H and O–H groups in total. The molecule has 1 aliphatic rings. The highest BCUT2D eigenvalue weighted by Gasteiger charge is 2.23. The first kappa shape index (κ1) is 7.94. The number of aromatic nitrogens is 2. The summed E-state index contributed by atoms with van der Waals surface area (Å²) in [6, 6.07) is 0. The van der Waals surface area contributed by atoms with Crippen molar-refractivity contribution in [3.63, 3.8) is 0 Å². The lowest BCUT2D eigenvalue weighted by Crippen LogP contribution is -2.13. The van der Waals surface area contributed by atoms with Gasteiger partial charge in [0, 0.05) is 12.5 Å². The Hall–Kier alpha value is -0.680. The van der Waals surface area contributed by atoms with Gasteiger partial charge in [0.15, 0.2) is 0 Å². The Morgan fingerprint density at radius 1 is 1.75 bits per heavy atom. The van der Waals surface area contributed by atoms with E-state index in [1.54, 1.807) is 0 Å². The van der Waals surface area contributed by atoms with Crippen LogP contribution in [0.3, 0.4) is 0 Å². The summed E-state index contributed by atoms with van der Waals surface area (Å²) in [5.41, 5.74) is 0. The van der Waals surface area contributed by atoms with Gasteiger partial charge in [-0.1, -0.05) is 11.3 Å². The Kier molecular flexibility index (Phi) is 1.98. The first-order valence-electron chi connectivity index (χ1n) is 3.99. The van der Waals surface area contributed by atoms with Crippen LogP contribution in [-0.4, -0.2) is 35.2 Å². The van der Waals surface area contributed by atoms with Gasteiger partial charge in [0.05, 0.1) is 0 Å². The normalized spacial score (nSPS) is 24.9. The minimum Gasteiger partial charge on any atom is -0.306 e. The number of aromatic amines is 1. The number of rotatable bonds is 1. The fourth-order valence-corrected chi connectivity index (χ4v) is 2.28. The van der Waals surface area contributed by atoms with E-state index in [2.05, 4.69) is 22.1 Å². The maximum Gasteiger partial charge on any atom is 0.322 e. The molecule has 4 nitrogen and oxygen atoms in total. The van der Waals surface area contributed by atoms with Crippen LogP contribution in [0.5, 0.6) is 0 Å². The van der Waals surface area contributed by atoms with Crippen LogP contribution in [0.1, 0.15) is 17.3 Å². The predicted octanol–water partition coefficient (Wildman–Crippen LogP) is 0.251. The summed E-state index contributed by atoms with van der Waals surface area (Å²) in [7, 11) is 2.09. The van der Waals surface area contributed by atoms with Crippen molar-refractivity contribution in [2.75, 3.05) is 20.1 Å². The van der Waals surface area contributed by atoms with E-state index in [0.717, 1.165) is 24.5 Å². The number of likely N-dealkylation sites (tertiary alicyclic amines) is 1. The van der Waals surface area contributed by atoms with E-state index < -0.39 is 0 Å². The van der Waals surface area contributed by atoms with Gasteiger partial charge in [0.2, 0.25) is 0 Å². The third kappa shape index (κ3) is 1.42. The third-order valence-corrected chi connectivity index (χ3v) is 3.11. The van der Waals surface area contributed by atoms with Gasteiger partial charge < -0.3 is 4.90 Å². The molecule has 1 saturated heterocycles. The van der Waals surface area contributed by atoms with Gasteiger partial charge in [-0.2, -0.15) is 5.10 Å². The SMILES string of the molecule is CN1CC[C@@H](c2n[nH]c(=O)s2)C1. The molecule has 0 amide bonds. The second-order valence-electron chi connectivity index (χ2n) is 3.20. The number of nitrogens with zero attached hydrogens (tertiary/aromatic N) is 2. The Balaban J connectivity index is 2.16. The summed E-state index contributed by atoms with van der Waals surface area (Å²) >= 11 is 1.24. The lowest BCUT2D eigenvalue weighted by Gasteiger charge is -2.05. The topological polar surface area (TPSA) is 49.0 Å². The van der Waals surface area contributed by atoms with Crippen molar-refractivity contribution in [1.82, 2.24) is 15.1 Å². The van der Waals surface area contributed by atoms with E-state index in [-0.39, 0.29) is 4.87 Å². The first-order valence-corrected chi connectivity index (χ1v) is 4.81. The molecule has 0 radical (unpaired) electrons. The summed E-state index contributed by atoms with van der Waals surface area (Å²) in [5, 5.41) is 7.40. The first-order chi connectivity index (χ1) is 5.75. The fourth-order valence-electron chi connectivity index (χ4n) is 1.55. The van der Waals surface area contributed by atoms with Crippen LogP contribution >= 0.6 is 11.3 Å². The van der Waals surface area contributed by atoms with Gasteiger partial charge in [0.1, 0.15) is 5.01 Å². The summed E-state index contributed by atoms with van der Waals surface area (Å²) in [6.45, 7) is 2.14. The Morgan fingerprint density at radius 2 is 2.58 bits per heavy atom. The molecule has 2 rings (SSSR count). The zero-order valence-corrected chi connectivity index (χ0v) is 7.73. The molecule has 1 aliphatic heterocycles. The van der Waals surface area contributed by atoms with E-state index in [1.807, 2.05) is 0 Å². The lowest BCUT2D eigenvalue weighted by atomic mass is 10.1. The molecule has 1 fully saturated rings. The van der Waals surface area contributed by atoms with Crippen molar-refractivity contribution in [2.45, 2.75) is 12.3 Å². The molecule has 1 atom stereocenters. The zero-order valence-electron chi connectivity index (χ0n) is 6.91. The molecule has 0 spiro atoms. The molecule has 0 unspecified atom stereocenters. The van der Waals surface area contributed by atoms with Gasteiger partial charge in [-0.15, -0.1) is 0 Å². The van der Waals surface area contributed by atoms with Crippen molar-refractivity contribution in [1.29, 1.82) is 0 Å². The van der Waals surface area contributed by atoms with Crippen LogP contribution in [0, 0.1) is 0 Å². The molecular weight excluding hydrogens is 174 g/mol. The van der Waals surface area contributed by atoms with Crippen molar-refractivity contribution in [3.05, 3.63) is 14.7 Å². The Morgan fingerprint density at radius 3 is 3.08 bits per heavy atom. The quantitative estimate of drug-likeness (QED) is 0.682. The monoisotopic (exact) mass is 185 g/mol. The highest BCUT2D eigenvalue weighted by atomic mass is 32.1.